The monoisotopic (exact) mass is 333 g/mol. The maximum absolute atomic E-state index is 4.55. The van der Waals surface area contributed by atoms with Gasteiger partial charge in [0.1, 0.15) is 16.2 Å². The summed E-state index contributed by atoms with van der Waals surface area (Å²) < 4.78 is 0.804. The van der Waals surface area contributed by atoms with E-state index in [0.29, 0.717) is 11.8 Å². The topological polar surface area (TPSA) is 37.8 Å². The van der Waals surface area contributed by atoms with Crippen LogP contribution in [0.2, 0.25) is 0 Å². The van der Waals surface area contributed by atoms with Crippen molar-refractivity contribution in [2.24, 2.45) is 0 Å². The minimum atomic E-state index is 0.301. The van der Waals surface area contributed by atoms with Gasteiger partial charge < -0.3 is 5.32 Å². The molecule has 0 aliphatic carbocycles. The van der Waals surface area contributed by atoms with Gasteiger partial charge in [0.25, 0.3) is 0 Å². The molecule has 1 heterocycles. The molecule has 0 atom stereocenters. The van der Waals surface area contributed by atoms with Crippen LogP contribution in [-0.4, -0.2) is 9.97 Å². The Morgan fingerprint density at radius 1 is 1.00 bits per heavy atom. The zero-order valence-corrected chi connectivity index (χ0v) is 13.9. The molecule has 20 heavy (non-hydrogen) atoms. The van der Waals surface area contributed by atoms with Crippen LogP contribution in [0.25, 0.3) is 0 Å². The Hall–Kier alpha value is -1.42. The molecule has 1 aromatic carbocycles. The second-order valence-corrected chi connectivity index (χ2v) is 6.31. The summed E-state index contributed by atoms with van der Waals surface area (Å²) in [6.45, 7) is 8.56. The van der Waals surface area contributed by atoms with E-state index in [0.717, 1.165) is 21.9 Å². The second kappa shape index (κ2) is 6.35. The third-order valence-corrected chi connectivity index (χ3v) is 3.46. The number of anilines is 2. The molecule has 1 N–H and O–H groups in total. The molecular formula is C16H20BrN3. The summed E-state index contributed by atoms with van der Waals surface area (Å²) in [5, 5.41) is 3.35. The molecule has 0 fully saturated rings. The van der Waals surface area contributed by atoms with Crippen molar-refractivity contribution in [1.82, 2.24) is 9.97 Å². The fraction of sp³-hybridized carbons (Fsp3) is 0.375. The van der Waals surface area contributed by atoms with Crippen molar-refractivity contribution in [3.8, 4) is 0 Å². The predicted octanol–water partition coefficient (Wildman–Crippen LogP) is 5.23. The van der Waals surface area contributed by atoms with E-state index in [1.807, 2.05) is 6.07 Å². The molecule has 0 radical (unpaired) electrons. The number of rotatable bonds is 4. The summed E-state index contributed by atoms with van der Waals surface area (Å²) in [5.74, 6) is 2.47. The van der Waals surface area contributed by atoms with Crippen molar-refractivity contribution in [2.45, 2.75) is 39.5 Å². The van der Waals surface area contributed by atoms with Crippen LogP contribution in [0.4, 0.5) is 11.5 Å². The van der Waals surface area contributed by atoms with Gasteiger partial charge in [0.15, 0.2) is 0 Å². The number of nitrogens with one attached hydrogen (secondary N) is 1. The molecule has 0 amide bonds. The summed E-state index contributed by atoms with van der Waals surface area (Å²) in [4.78, 5) is 8.94. The van der Waals surface area contributed by atoms with Crippen LogP contribution in [-0.2, 0) is 0 Å². The molecule has 0 aliphatic heterocycles. The van der Waals surface area contributed by atoms with Crippen LogP contribution in [0.5, 0.6) is 0 Å². The van der Waals surface area contributed by atoms with E-state index < -0.39 is 0 Å². The van der Waals surface area contributed by atoms with Gasteiger partial charge in [-0.2, -0.15) is 0 Å². The smallest absolute Gasteiger partial charge is 0.135 e. The van der Waals surface area contributed by atoms with Gasteiger partial charge in [-0.25, -0.2) is 9.97 Å². The maximum atomic E-state index is 4.55. The molecule has 3 nitrogen and oxygen atoms in total. The molecular weight excluding hydrogens is 314 g/mol. The first kappa shape index (κ1) is 15.0. The first-order valence-corrected chi connectivity index (χ1v) is 7.66. The summed E-state index contributed by atoms with van der Waals surface area (Å²) in [6.07, 6.45) is 0. The van der Waals surface area contributed by atoms with E-state index in [4.69, 9.17) is 0 Å². The molecule has 0 saturated carbocycles. The van der Waals surface area contributed by atoms with Gasteiger partial charge in [0, 0.05) is 17.7 Å². The van der Waals surface area contributed by atoms with Crippen molar-refractivity contribution in [3.05, 3.63) is 46.3 Å². The summed E-state index contributed by atoms with van der Waals surface area (Å²) in [6, 6.07) is 10.3. The highest BCUT2D eigenvalue weighted by atomic mass is 79.9. The average Bonchev–Trinajstić information content (AvgIpc) is 2.38. The Morgan fingerprint density at radius 2 is 1.75 bits per heavy atom. The summed E-state index contributed by atoms with van der Waals surface area (Å²) in [7, 11) is 0. The Labute approximate surface area is 129 Å². The van der Waals surface area contributed by atoms with E-state index >= 15 is 0 Å². The van der Waals surface area contributed by atoms with Crippen LogP contribution in [0.3, 0.4) is 0 Å². The van der Waals surface area contributed by atoms with E-state index in [1.54, 1.807) is 0 Å². The van der Waals surface area contributed by atoms with Crippen LogP contribution < -0.4 is 5.32 Å². The van der Waals surface area contributed by atoms with Gasteiger partial charge in [0.05, 0.1) is 0 Å². The van der Waals surface area contributed by atoms with E-state index in [-0.39, 0.29) is 0 Å². The number of hydrogen-bond donors (Lipinski definition) is 1. The molecule has 0 bridgehead atoms. The number of hydrogen-bond acceptors (Lipinski definition) is 3. The number of halogens is 1. The lowest BCUT2D eigenvalue weighted by molar-refractivity contribution is 0.771. The molecule has 0 aliphatic rings. The fourth-order valence-electron chi connectivity index (χ4n) is 1.88. The first-order chi connectivity index (χ1) is 9.45. The molecule has 1 aromatic heterocycles. The van der Waals surface area contributed by atoms with Crippen LogP contribution in [0, 0.1) is 0 Å². The summed E-state index contributed by atoms with van der Waals surface area (Å²) >= 11 is 3.44. The highest BCUT2D eigenvalue weighted by Gasteiger charge is 2.07. The molecule has 0 unspecified atom stereocenters. The molecule has 0 saturated heterocycles. The Balaban J connectivity index is 2.27. The van der Waals surface area contributed by atoms with Crippen molar-refractivity contribution in [3.63, 3.8) is 0 Å². The van der Waals surface area contributed by atoms with Crippen LogP contribution in [0.15, 0.2) is 34.9 Å². The minimum absolute atomic E-state index is 0.301. The number of benzene rings is 1. The van der Waals surface area contributed by atoms with Crippen LogP contribution >= 0.6 is 15.9 Å². The van der Waals surface area contributed by atoms with Crippen molar-refractivity contribution >= 4 is 27.4 Å². The van der Waals surface area contributed by atoms with Crippen molar-refractivity contribution in [2.75, 3.05) is 5.32 Å². The minimum Gasteiger partial charge on any atom is -0.340 e. The maximum Gasteiger partial charge on any atom is 0.135 e. The standard InChI is InChI=1S/C16H20BrN3/c1-10(2)12-6-5-7-13(8-12)18-15-9-14(17)19-16(20-15)11(3)4/h5-11H,1-4H3,(H,18,19,20). The summed E-state index contributed by atoms with van der Waals surface area (Å²) in [5.41, 5.74) is 2.36. The lowest BCUT2D eigenvalue weighted by atomic mass is 10.0. The van der Waals surface area contributed by atoms with Crippen molar-refractivity contribution in [1.29, 1.82) is 0 Å². The van der Waals surface area contributed by atoms with Gasteiger partial charge in [-0.15, -0.1) is 0 Å². The van der Waals surface area contributed by atoms with Crippen LogP contribution in [0.1, 0.15) is 50.9 Å². The zero-order chi connectivity index (χ0) is 14.7. The normalized spacial score (nSPS) is 11.2. The quantitative estimate of drug-likeness (QED) is 0.778. The Bertz CT molecular complexity index is 594. The molecule has 2 rings (SSSR count). The second-order valence-electron chi connectivity index (χ2n) is 5.49. The molecule has 2 aromatic rings. The lowest BCUT2D eigenvalue weighted by Crippen LogP contribution is -2.02. The largest absolute Gasteiger partial charge is 0.340 e. The number of aromatic nitrogens is 2. The fourth-order valence-corrected chi connectivity index (χ4v) is 2.28. The SMILES string of the molecule is CC(C)c1cccc(Nc2cc(Br)nc(C(C)C)n2)c1. The Morgan fingerprint density at radius 3 is 2.40 bits per heavy atom. The third-order valence-electron chi connectivity index (χ3n) is 3.05. The lowest BCUT2D eigenvalue weighted by Gasteiger charge is -2.12. The highest BCUT2D eigenvalue weighted by Crippen LogP contribution is 2.23. The average molecular weight is 334 g/mol. The molecule has 0 spiro atoms. The predicted molar refractivity (Wildman–Crippen MR) is 87.6 cm³/mol. The third kappa shape index (κ3) is 3.79. The van der Waals surface area contributed by atoms with Gasteiger partial charge in [-0.3, -0.25) is 0 Å². The molecule has 4 heteroatoms. The number of nitrogens with zero attached hydrogens (tertiary/aromatic N) is 2. The van der Waals surface area contributed by atoms with Gasteiger partial charge in [-0.1, -0.05) is 39.8 Å². The van der Waals surface area contributed by atoms with E-state index in [2.05, 4.69) is 83.2 Å². The van der Waals surface area contributed by atoms with Gasteiger partial charge in [0.2, 0.25) is 0 Å². The van der Waals surface area contributed by atoms with Crippen molar-refractivity contribution < 1.29 is 0 Å². The van der Waals surface area contributed by atoms with E-state index in [1.165, 1.54) is 5.56 Å². The Kier molecular flexibility index (Phi) is 4.76. The van der Waals surface area contributed by atoms with Gasteiger partial charge >= 0.3 is 0 Å². The zero-order valence-electron chi connectivity index (χ0n) is 12.3. The van der Waals surface area contributed by atoms with Gasteiger partial charge in [-0.05, 0) is 39.5 Å². The highest BCUT2D eigenvalue weighted by molar-refractivity contribution is 9.10. The first-order valence-electron chi connectivity index (χ1n) is 6.87. The van der Waals surface area contributed by atoms with E-state index in [9.17, 15) is 0 Å². The molecule has 106 valence electrons.